The fourth-order valence-electron chi connectivity index (χ4n) is 2.61. The van der Waals surface area contributed by atoms with Crippen molar-refractivity contribution in [1.82, 2.24) is 5.32 Å². The highest BCUT2D eigenvalue weighted by Gasteiger charge is 2.11. The number of rotatable bonds is 5. The molecule has 0 aliphatic rings. The molecule has 2 aromatic rings. The number of hydrogen-bond donors (Lipinski definition) is 1. The Morgan fingerprint density at radius 3 is 2.30 bits per heavy atom. The van der Waals surface area contributed by atoms with Crippen molar-refractivity contribution < 1.29 is 0 Å². The van der Waals surface area contributed by atoms with E-state index in [1.807, 2.05) is 7.05 Å². The predicted molar refractivity (Wildman–Crippen MR) is 87.2 cm³/mol. The van der Waals surface area contributed by atoms with Crippen molar-refractivity contribution in [1.29, 1.82) is 0 Å². The molecule has 1 N–H and O–H groups in total. The van der Waals surface area contributed by atoms with Gasteiger partial charge in [0.15, 0.2) is 0 Å². The van der Waals surface area contributed by atoms with E-state index >= 15 is 0 Å². The first kappa shape index (κ1) is 14.8. The summed E-state index contributed by atoms with van der Waals surface area (Å²) in [7, 11) is 2.05. The van der Waals surface area contributed by atoms with Crippen LogP contribution in [0.4, 0.5) is 0 Å². The molecule has 2 aromatic carbocycles. The van der Waals surface area contributed by atoms with E-state index in [0.717, 1.165) is 12.8 Å². The highest BCUT2D eigenvalue weighted by atomic mass is 14.9. The summed E-state index contributed by atoms with van der Waals surface area (Å²) < 4.78 is 0. The second-order valence-electron chi connectivity index (χ2n) is 5.57. The van der Waals surface area contributed by atoms with Gasteiger partial charge < -0.3 is 5.32 Å². The average Bonchev–Trinajstić information content (AvgIpc) is 2.48. The molecule has 1 nitrogen and oxygen atoms in total. The summed E-state index contributed by atoms with van der Waals surface area (Å²) in [5.41, 5.74) is 6.91. The van der Waals surface area contributed by atoms with Gasteiger partial charge in [0.25, 0.3) is 0 Å². The Morgan fingerprint density at radius 2 is 1.70 bits per heavy atom. The molecule has 0 radical (unpaired) electrons. The first-order valence-electron chi connectivity index (χ1n) is 7.46. The second kappa shape index (κ2) is 6.71. The molecule has 0 aromatic heterocycles. The zero-order chi connectivity index (χ0) is 14.5. The monoisotopic (exact) mass is 267 g/mol. The largest absolute Gasteiger partial charge is 0.313 e. The maximum Gasteiger partial charge on any atom is 0.0358 e. The topological polar surface area (TPSA) is 12.0 Å². The molecule has 1 unspecified atom stereocenters. The molecular weight excluding hydrogens is 242 g/mol. The average molecular weight is 267 g/mol. The van der Waals surface area contributed by atoms with E-state index in [2.05, 4.69) is 68.6 Å². The van der Waals surface area contributed by atoms with Gasteiger partial charge in [-0.05, 0) is 56.0 Å². The summed E-state index contributed by atoms with van der Waals surface area (Å²) in [6.07, 6.45) is 2.14. The predicted octanol–water partition coefficient (Wildman–Crippen LogP) is 4.37. The zero-order valence-electron chi connectivity index (χ0n) is 13.0. The molecule has 2 rings (SSSR count). The molecule has 0 saturated heterocycles. The van der Waals surface area contributed by atoms with Gasteiger partial charge >= 0.3 is 0 Å². The highest BCUT2D eigenvalue weighted by Crippen LogP contribution is 2.21. The third-order valence-electron chi connectivity index (χ3n) is 4.07. The number of benzene rings is 2. The van der Waals surface area contributed by atoms with E-state index in [1.54, 1.807) is 0 Å². The van der Waals surface area contributed by atoms with Crippen LogP contribution in [-0.2, 0) is 12.8 Å². The fraction of sp³-hybridized carbons (Fsp3) is 0.368. The van der Waals surface area contributed by atoms with Gasteiger partial charge in [-0.25, -0.2) is 0 Å². The van der Waals surface area contributed by atoms with E-state index in [9.17, 15) is 0 Å². The summed E-state index contributed by atoms with van der Waals surface area (Å²) in [6.45, 7) is 6.55. The van der Waals surface area contributed by atoms with Crippen molar-refractivity contribution in [2.45, 2.75) is 39.7 Å². The molecule has 0 aliphatic carbocycles. The van der Waals surface area contributed by atoms with Crippen LogP contribution in [0, 0.1) is 13.8 Å². The summed E-state index contributed by atoms with van der Waals surface area (Å²) in [4.78, 5) is 0. The molecule has 0 fully saturated rings. The molecule has 20 heavy (non-hydrogen) atoms. The maximum atomic E-state index is 3.45. The van der Waals surface area contributed by atoms with Crippen molar-refractivity contribution in [2.24, 2.45) is 0 Å². The normalized spacial score (nSPS) is 12.4. The molecular formula is C19H25N. The standard InChI is InChI=1S/C19H25N/c1-5-16-8-10-17(11-9-16)19(20-4)13-18-12-14(2)6-7-15(18)3/h6-12,19-20H,5,13H2,1-4H3. The Hall–Kier alpha value is -1.60. The Balaban J connectivity index is 2.21. The lowest BCUT2D eigenvalue weighted by molar-refractivity contribution is 0.590. The Kier molecular flexibility index (Phi) is 4.97. The van der Waals surface area contributed by atoms with Crippen LogP contribution in [0.15, 0.2) is 42.5 Å². The first-order valence-corrected chi connectivity index (χ1v) is 7.46. The molecule has 0 amide bonds. The summed E-state index contributed by atoms with van der Waals surface area (Å²) >= 11 is 0. The molecule has 0 spiro atoms. The Labute approximate surface area is 123 Å². The van der Waals surface area contributed by atoms with Crippen molar-refractivity contribution >= 4 is 0 Å². The number of nitrogens with one attached hydrogen (secondary N) is 1. The van der Waals surface area contributed by atoms with Gasteiger partial charge in [-0.2, -0.15) is 0 Å². The highest BCUT2D eigenvalue weighted by molar-refractivity contribution is 5.33. The van der Waals surface area contributed by atoms with Crippen molar-refractivity contribution in [3.05, 3.63) is 70.3 Å². The van der Waals surface area contributed by atoms with Crippen LogP contribution in [0.2, 0.25) is 0 Å². The van der Waals surface area contributed by atoms with Gasteiger partial charge in [0.05, 0.1) is 0 Å². The van der Waals surface area contributed by atoms with Crippen LogP contribution < -0.4 is 5.32 Å². The minimum absolute atomic E-state index is 0.376. The number of likely N-dealkylation sites (N-methyl/N-ethyl adjacent to an activating group) is 1. The first-order chi connectivity index (χ1) is 9.63. The third kappa shape index (κ3) is 3.49. The van der Waals surface area contributed by atoms with Crippen LogP contribution in [0.3, 0.4) is 0 Å². The van der Waals surface area contributed by atoms with Crippen LogP contribution in [0.5, 0.6) is 0 Å². The van der Waals surface area contributed by atoms with Gasteiger partial charge in [-0.1, -0.05) is 55.0 Å². The summed E-state index contributed by atoms with van der Waals surface area (Å²) in [6, 6.07) is 16.1. The molecule has 0 bridgehead atoms. The van der Waals surface area contributed by atoms with Crippen LogP contribution in [0.25, 0.3) is 0 Å². The van der Waals surface area contributed by atoms with Crippen LogP contribution >= 0.6 is 0 Å². The quantitative estimate of drug-likeness (QED) is 0.848. The van der Waals surface area contributed by atoms with E-state index in [-0.39, 0.29) is 0 Å². The van der Waals surface area contributed by atoms with Crippen molar-refractivity contribution in [3.8, 4) is 0 Å². The van der Waals surface area contributed by atoms with Crippen LogP contribution in [0.1, 0.15) is 40.8 Å². The second-order valence-corrected chi connectivity index (χ2v) is 5.57. The summed E-state index contributed by atoms with van der Waals surface area (Å²) in [5.74, 6) is 0. The maximum absolute atomic E-state index is 3.45. The van der Waals surface area contributed by atoms with E-state index in [4.69, 9.17) is 0 Å². The lowest BCUT2D eigenvalue weighted by atomic mass is 9.94. The zero-order valence-corrected chi connectivity index (χ0v) is 13.0. The Bertz CT molecular complexity index is 554. The lowest BCUT2D eigenvalue weighted by Crippen LogP contribution is -2.19. The molecule has 0 heterocycles. The minimum Gasteiger partial charge on any atom is -0.313 e. The molecule has 0 saturated carbocycles. The van der Waals surface area contributed by atoms with E-state index in [1.165, 1.54) is 27.8 Å². The van der Waals surface area contributed by atoms with E-state index in [0.29, 0.717) is 6.04 Å². The molecule has 106 valence electrons. The SMILES string of the molecule is CCc1ccc(C(Cc2cc(C)ccc2C)NC)cc1. The van der Waals surface area contributed by atoms with Gasteiger partial charge in [-0.3, -0.25) is 0 Å². The Morgan fingerprint density at radius 1 is 1.00 bits per heavy atom. The van der Waals surface area contributed by atoms with Gasteiger partial charge in [-0.15, -0.1) is 0 Å². The van der Waals surface area contributed by atoms with E-state index < -0.39 is 0 Å². The number of hydrogen-bond acceptors (Lipinski definition) is 1. The van der Waals surface area contributed by atoms with Crippen LogP contribution in [-0.4, -0.2) is 7.05 Å². The van der Waals surface area contributed by atoms with Gasteiger partial charge in [0, 0.05) is 6.04 Å². The smallest absolute Gasteiger partial charge is 0.0358 e. The molecule has 1 heteroatoms. The minimum atomic E-state index is 0.376. The number of aryl methyl sites for hydroxylation is 3. The van der Waals surface area contributed by atoms with Gasteiger partial charge in [0.1, 0.15) is 0 Å². The molecule has 0 aliphatic heterocycles. The molecule has 1 atom stereocenters. The third-order valence-corrected chi connectivity index (χ3v) is 4.07. The fourth-order valence-corrected chi connectivity index (χ4v) is 2.61. The summed E-state index contributed by atoms with van der Waals surface area (Å²) in [5, 5.41) is 3.45. The van der Waals surface area contributed by atoms with Gasteiger partial charge in [0.2, 0.25) is 0 Å². The lowest BCUT2D eigenvalue weighted by Gasteiger charge is -2.19. The van der Waals surface area contributed by atoms with Crippen molar-refractivity contribution in [3.63, 3.8) is 0 Å². The van der Waals surface area contributed by atoms with Crippen molar-refractivity contribution in [2.75, 3.05) is 7.05 Å².